The average molecular weight is 172 g/mol. The van der Waals surface area contributed by atoms with Crippen molar-refractivity contribution in [1.82, 2.24) is 4.90 Å². The van der Waals surface area contributed by atoms with Gasteiger partial charge in [0.1, 0.15) is 0 Å². The van der Waals surface area contributed by atoms with Gasteiger partial charge < -0.3 is 9.47 Å². The summed E-state index contributed by atoms with van der Waals surface area (Å²) in [7, 11) is 1.71. The minimum atomic E-state index is 0.260. The lowest BCUT2D eigenvalue weighted by atomic mass is 10.2. The molecule has 1 unspecified atom stereocenters. The minimum Gasteiger partial charge on any atom is -0.382 e. The summed E-state index contributed by atoms with van der Waals surface area (Å²) in [6.45, 7) is 8.47. The van der Waals surface area contributed by atoms with Crippen LogP contribution in [0, 0.1) is 6.92 Å². The van der Waals surface area contributed by atoms with Gasteiger partial charge in [-0.25, -0.2) is 0 Å². The number of hydrogen-bond acceptors (Lipinski definition) is 3. The topological polar surface area (TPSA) is 21.7 Å². The van der Waals surface area contributed by atoms with Crippen molar-refractivity contribution in [2.75, 3.05) is 40.0 Å². The first-order valence-electron chi connectivity index (χ1n) is 4.49. The summed E-state index contributed by atoms with van der Waals surface area (Å²) in [6, 6.07) is 0. The maximum Gasteiger partial charge on any atom is 0.0935 e. The van der Waals surface area contributed by atoms with Gasteiger partial charge in [0.15, 0.2) is 0 Å². The van der Waals surface area contributed by atoms with Crippen LogP contribution < -0.4 is 0 Å². The Morgan fingerprint density at radius 3 is 3.17 bits per heavy atom. The van der Waals surface area contributed by atoms with E-state index in [2.05, 4.69) is 11.8 Å². The highest BCUT2D eigenvalue weighted by atomic mass is 16.5. The lowest BCUT2D eigenvalue weighted by Crippen LogP contribution is -2.44. The largest absolute Gasteiger partial charge is 0.382 e. The summed E-state index contributed by atoms with van der Waals surface area (Å²) in [6.07, 6.45) is 1.23. The highest BCUT2D eigenvalue weighted by Crippen LogP contribution is 2.05. The highest BCUT2D eigenvalue weighted by Gasteiger charge is 2.18. The maximum absolute atomic E-state index is 5.51. The van der Waals surface area contributed by atoms with E-state index >= 15 is 0 Å². The van der Waals surface area contributed by atoms with E-state index in [4.69, 9.17) is 9.47 Å². The van der Waals surface area contributed by atoms with Gasteiger partial charge in [-0.05, 0) is 13.0 Å². The van der Waals surface area contributed by atoms with Crippen LogP contribution in [0.3, 0.4) is 0 Å². The molecule has 1 fully saturated rings. The molecule has 0 aliphatic carbocycles. The van der Waals surface area contributed by atoms with E-state index in [1.807, 2.05) is 0 Å². The summed E-state index contributed by atoms with van der Waals surface area (Å²) in [4.78, 5) is 2.38. The normalized spacial score (nSPS) is 26.0. The zero-order valence-corrected chi connectivity index (χ0v) is 7.79. The molecule has 1 heterocycles. The SMILES string of the molecule is [CH2]CCN1CCOC(COC)C1. The van der Waals surface area contributed by atoms with E-state index < -0.39 is 0 Å². The van der Waals surface area contributed by atoms with Gasteiger partial charge in [0, 0.05) is 20.2 Å². The van der Waals surface area contributed by atoms with Crippen LogP contribution in [-0.4, -0.2) is 51.0 Å². The molecule has 0 aromatic carbocycles. The molecule has 0 N–H and O–H groups in total. The molecule has 0 spiro atoms. The van der Waals surface area contributed by atoms with Crippen LogP contribution in [0.5, 0.6) is 0 Å². The van der Waals surface area contributed by atoms with Gasteiger partial charge >= 0.3 is 0 Å². The summed E-state index contributed by atoms with van der Waals surface area (Å²) in [5, 5.41) is 0. The number of methoxy groups -OCH3 is 1. The molecule has 3 nitrogen and oxygen atoms in total. The lowest BCUT2D eigenvalue weighted by Gasteiger charge is -2.32. The van der Waals surface area contributed by atoms with Crippen LogP contribution in [0.4, 0.5) is 0 Å². The fourth-order valence-corrected chi connectivity index (χ4v) is 1.49. The van der Waals surface area contributed by atoms with Crippen LogP contribution in [0.15, 0.2) is 0 Å². The molecule has 0 aromatic heterocycles. The Morgan fingerprint density at radius 2 is 2.50 bits per heavy atom. The first-order chi connectivity index (χ1) is 5.86. The zero-order chi connectivity index (χ0) is 8.81. The first-order valence-corrected chi connectivity index (χ1v) is 4.49. The fraction of sp³-hybridized carbons (Fsp3) is 0.889. The second-order valence-corrected chi connectivity index (χ2v) is 3.10. The van der Waals surface area contributed by atoms with Gasteiger partial charge in [-0.3, -0.25) is 4.90 Å². The van der Waals surface area contributed by atoms with Gasteiger partial charge in [0.25, 0.3) is 0 Å². The van der Waals surface area contributed by atoms with Gasteiger partial charge in [-0.1, -0.05) is 6.92 Å². The van der Waals surface area contributed by atoms with Crippen LogP contribution in [0.2, 0.25) is 0 Å². The molecule has 0 amide bonds. The lowest BCUT2D eigenvalue weighted by molar-refractivity contribution is -0.0604. The molecule has 1 atom stereocenters. The monoisotopic (exact) mass is 172 g/mol. The first kappa shape index (κ1) is 9.96. The third-order valence-corrected chi connectivity index (χ3v) is 2.05. The highest BCUT2D eigenvalue weighted by molar-refractivity contribution is 4.70. The molecule has 3 heteroatoms. The Hall–Kier alpha value is -0.120. The molecule has 1 aliphatic heterocycles. The Kier molecular flexibility index (Phi) is 4.58. The number of nitrogens with zero attached hydrogens (tertiary/aromatic N) is 1. The maximum atomic E-state index is 5.51. The molecule has 0 saturated carbocycles. The van der Waals surface area contributed by atoms with Crippen LogP contribution in [0.25, 0.3) is 0 Å². The van der Waals surface area contributed by atoms with E-state index in [9.17, 15) is 0 Å². The molecule has 71 valence electrons. The van der Waals surface area contributed by atoms with E-state index in [0.29, 0.717) is 6.61 Å². The van der Waals surface area contributed by atoms with Crippen molar-refractivity contribution in [2.45, 2.75) is 12.5 Å². The van der Waals surface area contributed by atoms with E-state index in [1.54, 1.807) is 7.11 Å². The summed E-state index contributed by atoms with van der Waals surface area (Å²) in [5.41, 5.74) is 0. The smallest absolute Gasteiger partial charge is 0.0935 e. The molecule has 1 saturated heterocycles. The molecule has 1 radical (unpaired) electrons. The molecule has 0 bridgehead atoms. The Balaban J connectivity index is 2.20. The van der Waals surface area contributed by atoms with E-state index in [1.165, 1.54) is 0 Å². The van der Waals surface area contributed by atoms with Crippen molar-refractivity contribution in [3.05, 3.63) is 6.92 Å². The molecule has 12 heavy (non-hydrogen) atoms. The Morgan fingerprint density at radius 1 is 1.67 bits per heavy atom. The fourth-order valence-electron chi connectivity index (χ4n) is 1.49. The van der Waals surface area contributed by atoms with E-state index in [-0.39, 0.29) is 6.10 Å². The van der Waals surface area contributed by atoms with E-state index in [0.717, 1.165) is 32.7 Å². The second kappa shape index (κ2) is 5.51. The molecule has 1 aliphatic rings. The van der Waals surface area contributed by atoms with Crippen LogP contribution in [0.1, 0.15) is 6.42 Å². The van der Waals surface area contributed by atoms with Crippen molar-refractivity contribution in [3.8, 4) is 0 Å². The number of ether oxygens (including phenoxy) is 2. The molecular weight excluding hydrogens is 154 g/mol. The number of hydrogen-bond donors (Lipinski definition) is 0. The Labute approximate surface area is 74.6 Å². The van der Waals surface area contributed by atoms with Crippen LogP contribution in [-0.2, 0) is 9.47 Å². The third kappa shape index (κ3) is 3.09. The zero-order valence-electron chi connectivity index (χ0n) is 7.79. The number of morpholine rings is 1. The summed E-state index contributed by atoms with van der Waals surface area (Å²) in [5.74, 6) is 0. The average Bonchev–Trinajstić information content (AvgIpc) is 2.06. The number of rotatable bonds is 4. The predicted molar refractivity (Wildman–Crippen MR) is 48.0 cm³/mol. The van der Waals surface area contributed by atoms with Crippen molar-refractivity contribution in [2.24, 2.45) is 0 Å². The van der Waals surface area contributed by atoms with Crippen molar-refractivity contribution >= 4 is 0 Å². The summed E-state index contributed by atoms with van der Waals surface area (Å²) >= 11 is 0. The van der Waals surface area contributed by atoms with Crippen molar-refractivity contribution in [1.29, 1.82) is 0 Å². The molecule has 1 rings (SSSR count). The minimum absolute atomic E-state index is 0.260. The third-order valence-electron chi connectivity index (χ3n) is 2.05. The summed E-state index contributed by atoms with van der Waals surface area (Å²) < 4.78 is 10.5. The van der Waals surface area contributed by atoms with Gasteiger partial charge in [0.2, 0.25) is 0 Å². The standard InChI is InChI=1S/C9H18NO2/c1-3-4-10-5-6-12-9(7-10)8-11-2/h9H,1,3-8H2,2H3. The molecular formula is C9H18NO2. The van der Waals surface area contributed by atoms with Crippen molar-refractivity contribution in [3.63, 3.8) is 0 Å². The van der Waals surface area contributed by atoms with Crippen molar-refractivity contribution < 1.29 is 9.47 Å². The van der Waals surface area contributed by atoms with Gasteiger partial charge in [0.05, 0.1) is 19.3 Å². The predicted octanol–water partition coefficient (Wildman–Crippen LogP) is 0.558. The quantitative estimate of drug-likeness (QED) is 0.618. The second-order valence-electron chi connectivity index (χ2n) is 3.10. The van der Waals surface area contributed by atoms with Gasteiger partial charge in [-0.2, -0.15) is 0 Å². The Bertz CT molecular complexity index is 103. The van der Waals surface area contributed by atoms with Crippen LogP contribution >= 0.6 is 0 Å². The molecule has 0 aromatic rings. The van der Waals surface area contributed by atoms with Gasteiger partial charge in [-0.15, -0.1) is 0 Å².